The van der Waals surface area contributed by atoms with Gasteiger partial charge in [-0.1, -0.05) is 6.07 Å². The van der Waals surface area contributed by atoms with Gasteiger partial charge in [-0.3, -0.25) is 4.79 Å². The number of hydrogen-bond acceptors (Lipinski definition) is 3. The van der Waals surface area contributed by atoms with Gasteiger partial charge in [0.2, 0.25) is 11.8 Å². The SMILES string of the molecule is O=C(Cc1ccc(F)cc1F)N1CCC(COc2ccc(F)cn2)C1. The van der Waals surface area contributed by atoms with Crippen LogP contribution < -0.4 is 4.74 Å². The van der Waals surface area contributed by atoms with Gasteiger partial charge in [-0.15, -0.1) is 0 Å². The van der Waals surface area contributed by atoms with Crippen LogP contribution in [0.15, 0.2) is 36.5 Å². The van der Waals surface area contributed by atoms with Crippen LogP contribution in [0.5, 0.6) is 5.88 Å². The first-order chi connectivity index (χ1) is 12.0. The Bertz CT molecular complexity index is 752. The third-order valence-corrected chi connectivity index (χ3v) is 4.16. The molecular weight excluding hydrogens is 333 g/mol. The lowest BCUT2D eigenvalue weighted by atomic mass is 10.1. The van der Waals surface area contributed by atoms with Crippen LogP contribution in [0.2, 0.25) is 0 Å². The number of carbonyl (C=O) groups is 1. The number of hydrogen-bond donors (Lipinski definition) is 0. The highest BCUT2D eigenvalue weighted by Crippen LogP contribution is 2.20. The first-order valence-electron chi connectivity index (χ1n) is 7.97. The maximum absolute atomic E-state index is 13.6. The summed E-state index contributed by atoms with van der Waals surface area (Å²) < 4.78 is 44.8. The highest BCUT2D eigenvalue weighted by molar-refractivity contribution is 5.79. The van der Waals surface area contributed by atoms with Crippen LogP contribution in [0.3, 0.4) is 0 Å². The molecule has 1 aliphatic rings. The fourth-order valence-electron chi connectivity index (χ4n) is 2.79. The van der Waals surface area contributed by atoms with Crippen LogP contribution in [-0.4, -0.2) is 35.5 Å². The van der Waals surface area contributed by atoms with E-state index in [0.29, 0.717) is 25.6 Å². The molecule has 0 N–H and O–H groups in total. The monoisotopic (exact) mass is 350 g/mol. The molecule has 4 nitrogen and oxygen atoms in total. The summed E-state index contributed by atoms with van der Waals surface area (Å²) in [5.41, 5.74) is 0.182. The molecule has 1 unspecified atom stereocenters. The Kier molecular flexibility index (Phi) is 5.21. The van der Waals surface area contributed by atoms with E-state index >= 15 is 0 Å². The zero-order valence-electron chi connectivity index (χ0n) is 13.4. The van der Waals surface area contributed by atoms with Crippen LogP contribution in [0, 0.1) is 23.4 Å². The Morgan fingerprint density at radius 3 is 2.72 bits per heavy atom. The Morgan fingerprint density at radius 1 is 1.20 bits per heavy atom. The number of carbonyl (C=O) groups excluding carboxylic acids is 1. The van der Waals surface area contributed by atoms with Crippen molar-refractivity contribution in [1.29, 1.82) is 0 Å². The van der Waals surface area contributed by atoms with Gasteiger partial charge in [0, 0.05) is 31.1 Å². The average molecular weight is 350 g/mol. The predicted octanol–water partition coefficient (Wildman–Crippen LogP) is 2.97. The maximum atomic E-state index is 13.6. The molecule has 0 saturated carbocycles. The third kappa shape index (κ3) is 4.49. The Morgan fingerprint density at radius 2 is 2.00 bits per heavy atom. The molecule has 25 heavy (non-hydrogen) atoms. The lowest BCUT2D eigenvalue weighted by Gasteiger charge is -2.17. The molecule has 0 spiro atoms. The van der Waals surface area contributed by atoms with Gasteiger partial charge in [-0.05, 0) is 24.1 Å². The van der Waals surface area contributed by atoms with Crippen LogP contribution in [0.25, 0.3) is 0 Å². The molecule has 1 amide bonds. The Balaban J connectivity index is 1.50. The van der Waals surface area contributed by atoms with Crippen molar-refractivity contribution >= 4 is 5.91 Å². The van der Waals surface area contributed by atoms with Crippen molar-refractivity contribution < 1.29 is 22.7 Å². The van der Waals surface area contributed by atoms with Crippen molar-refractivity contribution in [2.45, 2.75) is 12.8 Å². The molecule has 7 heteroatoms. The van der Waals surface area contributed by atoms with Gasteiger partial charge in [0.15, 0.2) is 0 Å². The zero-order chi connectivity index (χ0) is 17.8. The Hall–Kier alpha value is -2.57. The minimum Gasteiger partial charge on any atom is -0.477 e. The minimum absolute atomic E-state index is 0.0980. The molecule has 1 saturated heterocycles. The minimum atomic E-state index is -0.713. The van der Waals surface area contributed by atoms with E-state index in [0.717, 1.165) is 24.8 Å². The predicted molar refractivity (Wildman–Crippen MR) is 84.4 cm³/mol. The Labute approximate surface area is 143 Å². The molecule has 1 aliphatic heterocycles. The van der Waals surface area contributed by atoms with E-state index in [4.69, 9.17) is 4.74 Å². The lowest BCUT2D eigenvalue weighted by Crippen LogP contribution is -2.31. The molecule has 0 aliphatic carbocycles. The van der Waals surface area contributed by atoms with E-state index in [1.807, 2.05) is 0 Å². The number of ether oxygens (including phenoxy) is 1. The third-order valence-electron chi connectivity index (χ3n) is 4.16. The number of nitrogens with zero attached hydrogens (tertiary/aromatic N) is 2. The normalized spacial score (nSPS) is 16.9. The summed E-state index contributed by atoms with van der Waals surface area (Å²) in [7, 11) is 0. The van der Waals surface area contributed by atoms with E-state index in [-0.39, 0.29) is 23.8 Å². The van der Waals surface area contributed by atoms with Gasteiger partial charge >= 0.3 is 0 Å². The molecular formula is C18H17F3N2O2. The molecule has 1 atom stereocenters. The number of amides is 1. The lowest BCUT2D eigenvalue weighted by molar-refractivity contribution is -0.129. The van der Waals surface area contributed by atoms with Gasteiger partial charge in [0.25, 0.3) is 0 Å². The first-order valence-corrected chi connectivity index (χ1v) is 7.97. The first kappa shape index (κ1) is 17.3. The fourth-order valence-corrected chi connectivity index (χ4v) is 2.79. The van der Waals surface area contributed by atoms with E-state index < -0.39 is 17.5 Å². The van der Waals surface area contributed by atoms with Gasteiger partial charge < -0.3 is 9.64 Å². The molecule has 3 rings (SSSR count). The standard InChI is InChI=1S/C18H17F3N2O2/c19-14-2-1-13(16(21)8-14)7-18(24)23-6-5-12(10-23)11-25-17-4-3-15(20)9-22-17/h1-4,8-9,12H,5-7,10-11H2. The topological polar surface area (TPSA) is 42.4 Å². The number of likely N-dealkylation sites (tertiary alicyclic amines) is 1. The number of halogens is 3. The molecule has 2 aromatic rings. The molecule has 132 valence electrons. The summed E-state index contributed by atoms with van der Waals surface area (Å²) in [6.07, 6.45) is 1.75. The number of rotatable bonds is 5. The van der Waals surface area contributed by atoms with Crippen molar-refractivity contribution in [2.24, 2.45) is 5.92 Å². The second kappa shape index (κ2) is 7.55. The molecule has 0 bridgehead atoms. The quantitative estimate of drug-likeness (QED) is 0.833. The van der Waals surface area contributed by atoms with Crippen molar-refractivity contribution in [3.63, 3.8) is 0 Å². The second-order valence-corrected chi connectivity index (χ2v) is 6.03. The summed E-state index contributed by atoms with van der Waals surface area (Å²) in [5.74, 6) is -1.55. The second-order valence-electron chi connectivity index (χ2n) is 6.03. The molecule has 0 radical (unpaired) electrons. The van der Waals surface area contributed by atoms with Gasteiger partial charge in [0.05, 0.1) is 19.2 Å². The molecule has 1 aromatic heterocycles. The van der Waals surface area contributed by atoms with Gasteiger partial charge in [-0.2, -0.15) is 0 Å². The van der Waals surface area contributed by atoms with Crippen LogP contribution >= 0.6 is 0 Å². The van der Waals surface area contributed by atoms with Gasteiger partial charge in [0.1, 0.15) is 17.5 Å². The molecule has 1 aromatic carbocycles. The summed E-state index contributed by atoms with van der Waals surface area (Å²) >= 11 is 0. The van der Waals surface area contributed by atoms with Crippen molar-refractivity contribution in [2.75, 3.05) is 19.7 Å². The summed E-state index contributed by atoms with van der Waals surface area (Å²) in [4.78, 5) is 17.7. The van der Waals surface area contributed by atoms with Crippen molar-refractivity contribution in [1.82, 2.24) is 9.88 Å². The van der Waals surface area contributed by atoms with Crippen molar-refractivity contribution in [3.05, 3.63) is 59.5 Å². The average Bonchev–Trinajstić information content (AvgIpc) is 3.06. The summed E-state index contributed by atoms with van der Waals surface area (Å²) in [6, 6.07) is 5.93. The number of aromatic nitrogens is 1. The van der Waals surface area contributed by atoms with E-state index in [1.165, 1.54) is 18.2 Å². The smallest absolute Gasteiger partial charge is 0.227 e. The summed E-state index contributed by atoms with van der Waals surface area (Å²) in [5, 5.41) is 0. The van der Waals surface area contributed by atoms with Crippen LogP contribution in [0.1, 0.15) is 12.0 Å². The highest BCUT2D eigenvalue weighted by atomic mass is 19.1. The van der Waals surface area contributed by atoms with Crippen LogP contribution in [0.4, 0.5) is 13.2 Å². The van der Waals surface area contributed by atoms with Crippen LogP contribution in [-0.2, 0) is 11.2 Å². The number of benzene rings is 1. The van der Waals surface area contributed by atoms with Crippen molar-refractivity contribution in [3.8, 4) is 5.88 Å². The summed E-state index contributed by atoms with van der Waals surface area (Å²) in [6.45, 7) is 1.43. The van der Waals surface area contributed by atoms with E-state index in [2.05, 4.69) is 4.98 Å². The molecule has 2 heterocycles. The van der Waals surface area contributed by atoms with E-state index in [1.54, 1.807) is 4.90 Å². The fraction of sp³-hybridized carbons (Fsp3) is 0.333. The highest BCUT2D eigenvalue weighted by Gasteiger charge is 2.27. The maximum Gasteiger partial charge on any atom is 0.227 e. The van der Waals surface area contributed by atoms with Gasteiger partial charge in [-0.25, -0.2) is 18.2 Å². The largest absolute Gasteiger partial charge is 0.477 e. The zero-order valence-corrected chi connectivity index (χ0v) is 13.4. The number of pyridine rings is 1. The van der Waals surface area contributed by atoms with E-state index in [9.17, 15) is 18.0 Å². The molecule has 1 fully saturated rings.